The van der Waals surface area contributed by atoms with Crippen LogP contribution < -0.4 is 0 Å². The summed E-state index contributed by atoms with van der Waals surface area (Å²) < 4.78 is 19.3. The Morgan fingerprint density at radius 3 is 2.42 bits per heavy atom. The Balaban J connectivity index is 0.00000139. The highest BCUT2D eigenvalue weighted by molar-refractivity contribution is 5.68. The van der Waals surface area contributed by atoms with E-state index in [9.17, 15) is 14.4 Å². The number of rotatable bonds is 1. The molecule has 1 aromatic rings. The zero-order valence-electron chi connectivity index (χ0n) is 15.1. The smallest absolute Gasteiger partial charge is 0.410 e. The summed E-state index contributed by atoms with van der Waals surface area (Å²) in [5, 5.41) is 9.54. The molecule has 0 aromatic carbocycles. The van der Waals surface area contributed by atoms with Crippen molar-refractivity contribution in [1.82, 2.24) is 9.88 Å². The van der Waals surface area contributed by atoms with E-state index in [2.05, 4.69) is 11.1 Å². The van der Waals surface area contributed by atoms with Gasteiger partial charge in [-0.2, -0.15) is 5.26 Å². The van der Waals surface area contributed by atoms with Crippen LogP contribution in [0.1, 0.15) is 53.2 Å². The van der Waals surface area contributed by atoms with Crippen LogP contribution in [0.2, 0.25) is 0 Å². The van der Waals surface area contributed by atoms with Gasteiger partial charge in [0.2, 0.25) is 0 Å². The first-order valence-electron chi connectivity index (χ1n) is 8.28. The molecule has 6 heteroatoms. The lowest BCUT2D eigenvalue weighted by Gasteiger charge is -2.37. The third-order valence-corrected chi connectivity index (χ3v) is 3.69. The van der Waals surface area contributed by atoms with Gasteiger partial charge in [-0.1, -0.05) is 13.8 Å². The summed E-state index contributed by atoms with van der Waals surface area (Å²) in [4.78, 5) is 17.6. The van der Waals surface area contributed by atoms with Crippen LogP contribution in [0.25, 0.3) is 0 Å². The number of carbonyl (C=O) groups excluding carboxylic acids is 1. The molecule has 0 spiro atoms. The number of nitrogens with zero attached hydrogens (tertiary/aromatic N) is 3. The summed E-state index contributed by atoms with van der Waals surface area (Å²) in [5.74, 6) is -0.477. The Labute approximate surface area is 143 Å². The SMILES string of the molecule is CC.CC(C)(C)OC(=O)N1CCC(C#N)(c2ncccc2F)CC1. The molecule has 0 bridgehead atoms. The first-order chi connectivity index (χ1) is 11.3. The first kappa shape index (κ1) is 19.9. The molecule has 1 saturated heterocycles. The molecule has 1 aliphatic rings. The molecule has 1 fully saturated rings. The summed E-state index contributed by atoms with van der Waals surface area (Å²) >= 11 is 0. The molecule has 0 aliphatic carbocycles. The molecule has 0 unspecified atom stereocenters. The zero-order chi connectivity index (χ0) is 18.4. The lowest BCUT2D eigenvalue weighted by Crippen LogP contribution is -2.46. The van der Waals surface area contributed by atoms with Gasteiger partial charge in [0, 0.05) is 19.3 Å². The molecular weight excluding hydrogens is 309 g/mol. The molecule has 0 atom stereocenters. The minimum atomic E-state index is -0.982. The summed E-state index contributed by atoms with van der Waals surface area (Å²) in [5.41, 5.74) is -1.38. The molecule has 2 heterocycles. The average molecular weight is 335 g/mol. The van der Waals surface area contributed by atoms with Gasteiger partial charge in [-0.15, -0.1) is 0 Å². The molecule has 1 amide bonds. The molecule has 0 radical (unpaired) electrons. The van der Waals surface area contributed by atoms with Gasteiger partial charge in [-0.25, -0.2) is 9.18 Å². The van der Waals surface area contributed by atoms with Gasteiger partial charge in [0.15, 0.2) is 0 Å². The van der Waals surface area contributed by atoms with Crippen LogP contribution >= 0.6 is 0 Å². The summed E-state index contributed by atoms with van der Waals surface area (Å²) in [6, 6.07) is 5.01. The molecule has 1 aromatic heterocycles. The Morgan fingerprint density at radius 2 is 1.96 bits per heavy atom. The van der Waals surface area contributed by atoms with Crippen molar-refractivity contribution in [3.8, 4) is 6.07 Å². The van der Waals surface area contributed by atoms with E-state index in [-0.39, 0.29) is 5.69 Å². The number of carbonyl (C=O) groups is 1. The topological polar surface area (TPSA) is 66.2 Å². The maximum Gasteiger partial charge on any atom is 0.410 e. The molecular formula is C18H26FN3O2. The van der Waals surface area contributed by atoms with E-state index in [0.29, 0.717) is 25.9 Å². The van der Waals surface area contributed by atoms with Crippen molar-refractivity contribution in [3.05, 3.63) is 29.8 Å². The second-order valence-corrected chi connectivity index (χ2v) is 6.50. The van der Waals surface area contributed by atoms with Crippen molar-refractivity contribution >= 4 is 6.09 Å². The van der Waals surface area contributed by atoms with E-state index in [1.165, 1.54) is 18.3 Å². The Hall–Kier alpha value is -2.16. The van der Waals surface area contributed by atoms with Gasteiger partial charge >= 0.3 is 6.09 Å². The molecule has 0 N–H and O–H groups in total. The van der Waals surface area contributed by atoms with Gasteiger partial charge < -0.3 is 9.64 Å². The van der Waals surface area contributed by atoms with Crippen LogP contribution in [0.5, 0.6) is 0 Å². The molecule has 2 rings (SSSR count). The van der Waals surface area contributed by atoms with Crippen molar-refractivity contribution in [3.63, 3.8) is 0 Å². The average Bonchev–Trinajstić information content (AvgIpc) is 2.55. The second kappa shape index (κ2) is 8.09. The third-order valence-electron chi connectivity index (χ3n) is 3.69. The van der Waals surface area contributed by atoms with E-state index in [1.807, 2.05) is 13.8 Å². The van der Waals surface area contributed by atoms with Crippen molar-refractivity contribution < 1.29 is 13.9 Å². The van der Waals surface area contributed by atoms with E-state index >= 15 is 0 Å². The summed E-state index contributed by atoms with van der Waals surface area (Å²) in [7, 11) is 0. The van der Waals surface area contributed by atoms with Crippen LogP contribution in [0.4, 0.5) is 9.18 Å². The number of ether oxygens (including phenoxy) is 1. The molecule has 24 heavy (non-hydrogen) atoms. The monoisotopic (exact) mass is 335 g/mol. The van der Waals surface area contributed by atoms with E-state index in [0.717, 1.165) is 0 Å². The van der Waals surface area contributed by atoms with E-state index in [4.69, 9.17) is 4.74 Å². The fourth-order valence-corrected chi connectivity index (χ4v) is 2.54. The fraction of sp³-hybridized carbons (Fsp3) is 0.611. The lowest BCUT2D eigenvalue weighted by atomic mass is 9.76. The minimum absolute atomic E-state index is 0.168. The maximum atomic E-state index is 14.0. The number of aromatic nitrogens is 1. The van der Waals surface area contributed by atoms with Gasteiger partial charge in [-0.05, 0) is 45.7 Å². The number of pyridine rings is 1. The predicted octanol–water partition coefficient (Wildman–Crippen LogP) is 4.04. The van der Waals surface area contributed by atoms with Crippen molar-refractivity contribution in [2.24, 2.45) is 0 Å². The van der Waals surface area contributed by atoms with Crippen LogP contribution in [0.15, 0.2) is 18.3 Å². The standard InChI is InChI=1S/C16H20FN3O2.C2H6/c1-15(2,3)22-14(21)20-9-6-16(11-18,7-10-20)13-12(17)5-4-8-19-13;1-2/h4-5,8H,6-7,9-10H2,1-3H3;1-2H3. The highest BCUT2D eigenvalue weighted by Crippen LogP contribution is 2.35. The molecule has 1 aliphatic heterocycles. The summed E-state index contributed by atoms with van der Waals surface area (Å²) in [6.07, 6.45) is 1.77. The van der Waals surface area contributed by atoms with E-state index in [1.54, 1.807) is 25.7 Å². The van der Waals surface area contributed by atoms with Crippen LogP contribution in [0.3, 0.4) is 0 Å². The normalized spacial score (nSPS) is 16.5. The quantitative estimate of drug-likeness (QED) is 0.777. The van der Waals surface area contributed by atoms with Crippen LogP contribution in [-0.4, -0.2) is 34.7 Å². The van der Waals surface area contributed by atoms with Crippen molar-refractivity contribution in [2.45, 2.75) is 58.5 Å². The predicted molar refractivity (Wildman–Crippen MR) is 89.9 cm³/mol. The Bertz CT molecular complexity index is 597. The maximum absolute atomic E-state index is 14.0. The minimum Gasteiger partial charge on any atom is -0.444 e. The largest absolute Gasteiger partial charge is 0.444 e. The van der Waals surface area contributed by atoms with Gasteiger partial charge in [0.25, 0.3) is 0 Å². The van der Waals surface area contributed by atoms with Crippen LogP contribution in [-0.2, 0) is 10.2 Å². The van der Waals surface area contributed by atoms with Gasteiger partial charge in [-0.3, -0.25) is 4.98 Å². The van der Waals surface area contributed by atoms with E-state index < -0.39 is 22.9 Å². The number of likely N-dealkylation sites (tertiary alicyclic amines) is 1. The number of piperidine rings is 1. The number of hydrogen-bond acceptors (Lipinski definition) is 4. The fourth-order valence-electron chi connectivity index (χ4n) is 2.54. The van der Waals surface area contributed by atoms with Gasteiger partial charge in [0.05, 0.1) is 11.8 Å². The number of halogens is 1. The molecule has 132 valence electrons. The second-order valence-electron chi connectivity index (χ2n) is 6.50. The Morgan fingerprint density at radius 1 is 1.38 bits per heavy atom. The highest BCUT2D eigenvalue weighted by atomic mass is 19.1. The van der Waals surface area contributed by atoms with Crippen molar-refractivity contribution in [2.75, 3.05) is 13.1 Å². The molecule has 0 saturated carbocycles. The first-order valence-corrected chi connectivity index (χ1v) is 8.28. The lowest BCUT2D eigenvalue weighted by molar-refractivity contribution is 0.0183. The van der Waals surface area contributed by atoms with Gasteiger partial charge in [0.1, 0.15) is 16.8 Å². The van der Waals surface area contributed by atoms with Crippen LogP contribution in [0, 0.1) is 17.1 Å². The zero-order valence-corrected chi connectivity index (χ0v) is 15.1. The third kappa shape index (κ3) is 4.67. The molecule has 5 nitrogen and oxygen atoms in total. The Kier molecular flexibility index (Phi) is 6.70. The number of nitriles is 1. The number of amides is 1. The highest BCUT2D eigenvalue weighted by Gasteiger charge is 2.41. The van der Waals surface area contributed by atoms with Crippen molar-refractivity contribution in [1.29, 1.82) is 5.26 Å². The number of hydrogen-bond donors (Lipinski definition) is 0. The summed E-state index contributed by atoms with van der Waals surface area (Å²) in [6.45, 7) is 10.1.